The molecule has 0 saturated heterocycles. The van der Waals surface area contributed by atoms with Crippen LogP contribution in [0.2, 0.25) is 0 Å². The van der Waals surface area contributed by atoms with Crippen molar-refractivity contribution in [1.29, 1.82) is 0 Å². The molecule has 0 aliphatic rings. The second kappa shape index (κ2) is 7.20. The molecule has 2 aromatic carbocycles. The van der Waals surface area contributed by atoms with E-state index in [9.17, 15) is 19.0 Å². The van der Waals surface area contributed by atoms with E-state index in [0.29, 0.717) is 16.9 Å². The van der Waals surface area contributed by atoms with Gasteiger partial charge in [-0.1, -0.05) is 0 Å². The molecule has 2 rings (SSSR count). The van der Waals surface area contributed by atoms with Crippen LogP contribution in [0, 0.1) is 11.6 Å². The van der Waals surface area contributed by atoms with Crippen molar-refractivity contribution in [1.82, 2.24) is 0 Å². The van der Waals surface area contributed by atoms with E-state index < -0.39 is 11.6 Å². The van der Waals surface area contributed by atoms with Crippen LogP contribution in [0.25, 0.3) is 0 Å². The summed E-state index contributed by atoms with van der Waals surface area (Å²) in [7, 11) is 1.46. The molecule has 0 aliphatic heterocycles. The lowest BCUT2D eigenvalue weighted by atomic mass is 10.1. The first-order chi connectivity index (χ1) is 10.6. The molecule has 0 aromatic heterocycles. The third-order valence-corrected chi connectivity index (χ3v) is 3.18. The van der Waals surface area contributed by atoms with Gasteiger partial charge in [0.05, 0.1) is 20.3 Å². The number of ether oxygens (including phenoxy) is 2. The average molecular weight is 310 g/mol. The zero-order valence-electron chi connectivity index (χ0n) is 12.0. The maximum Gasteiger partial charge on any atom is 0.132 e. The maximum absolute atomic E-state index is 13.6. The third kappa shape index (κ3) is 3.52. The van der Waals surface area contributed by atoms with Crippen molar-refractivity contribution in [3.63, 3.8) is 0 Å². The fourth-order valence-corrected chi connectivity index (χ4v) is 2.05. The van der Waals surface area contributed by atoms with Gasteiger partial charge in [-0.3, -0.25) is 0 Å². The molecule has 6 heteroatoms. The Morgan fingerprint density at radius 3 is 2.09 bits per heavy atom. The lowest BCUT2D eigenvalue weighted by molar-refractivity contribution is 0.239. The van der Waals surface area contributed by atoms with E-state index in [1.165, 1.54) is 13.2 Å². The minimum Gasteiger partial charge on any atom is -0.497 e. The van der Waals surface area contributed by atoms with Gasteiger partial charge in [0, 0.05) is 22.8 Å². The molecule has 0 heterocycles. The number of hydrogen-bond donors (Lipinski definition) is 2. The van der Waals surface area contributed by atoms with Gasteiger partial charge in [-0.2, -0.15) is 0 Å². The van der Waals surface area contributed by atoms with Crippen molar-refractivity contribution in [3.05, 3.63) is 58.7 Å². The average Bonchev–Trinajstić information content (AvgIpc) is 2.53. The number of methoxy groups -OCH3 is 1. The van der Waals surface area contributed by atoms with E-state index in [0.717, 1.165) is 12.1 Å². The normalized spacial score (nSPS) is 10.6. The highest BCUT2D eigenvalue weighted by atomic mass is 19.1. The van der Waals surface area contributed by atoms with Crippen LogP contribution in [0.15, 0.2) is 30.3 Å². The molecule has 118 valence electrons. The molecular formula is C16H16F2O4. The molecule has 2 aromatic rings. The van der Waals surface area contributed by atoms with Crippen LogP contribution in [-0.4, -0.2) is 17.3 Å². The monoisotopic (exact) mass is 310 g/mol. The molecule has 0 bridgehead atoms. The van der Waals surface area contributed by atoms with Crippen LogP contribution in [0.5, 0.6) is 11.5 Å². The van der Waals surface area contributed by atoms with Gasteiger partial charge in [0.1, 0.15) is 29.7 Å². The van der Waals surface area contributed by atoms with Gasteiger partial charge >= 0.3 is 0 Å². The fourth-order valence-electron chi connectivity index (χ4n) is 2.05. The predicted octanol–water partition coefficient (Wildman–Crippen LogP) is 2.54. The molecule has 0 radical (unpaired) electrons. The van der Waals surface area contributed by atoms with Crippen LogP contribution >= 0.6 is 0 Å². The van der Waals surface area contributed by atoms with E-state index >= 15 is 0 Å². The molecule has 4 nitrogen and oxygen atoms in total. The van der Waals surface area contributed by atoms with Gasteiger partial charge in [0.2, 0.25) is 0 Å². The molecule has 0 amide bonds. The molecular weight excluding hydrogens is 294 g/mol. The van der Waals surface area contributed by atoms with E-state index in [-0.39, 0.29) is 31.1 Å². The van der Waals surface area contributed by atoms with Gasteiger partial charge < -0.3 is 19.7 Å². The van der Waals surface area contributed by atoms with E-state index in [1.54, 1.807) is 12.1 Å². The summed E-state index contributed by atoms with van der Waals surface area (Å²) in [6.45, 7) is -0.810. The smallest absolute Gasteiger partial charge is 0.132 e. The summed E-state index contributed by atoms with van der Waals surface area (Å²) in [6.07, 6.45) is 0. The number of benzene rings is 2. The highest BCUT2D eigenvalue weighted by molar-refractivity contribution is 5.47. The summed E-state index contributed by atoms with van der Waals surface area (Å²) in [4.78, 5) is 0. The number of rotatable bonds is 6. The summed E-state index contributed by atoms with van der Waals surface area (Å²) in [5, 5.41) is 18.8. The summed E-state index contributed by atoms with van der Waals surface area (Å²) in [6, 6.07) is 6.32. The topological polar surface area (TPSA) is 58.9 Å². The van der Waals surface area contributed by atoms with Crippen LogP contribution in [0.4, 0.5) is 8.78 Å². The zero-order chi connectivity index (χ0) is 16.1. The maximum atomic E-state index is 13.6. The third-order valence-electron chi connectivity index (χ3n) is 3.18. The van der Waals surface area contributed by atoms with Crippen molar-refractivity contribution >= 4 is 0 Å². The molecule has 0 spiro atoms. The molecule has 0 unspecified atom stereocenters. The quantitative estimate of drug-likeness (QED) is 0.861. The first kappa shape index (κ1) is 16.2. The Morgan fingerprint density at radius 1 is 0.955 bits per heavy atom. The van der Waals surface area contributed by atoms with Gasteiger partial charge in [0.15, 0.2) is 0 Å². The van der Waals surface area contributed by atoms with Crippen molar-refractivity contribution < 1.29 is 28.5 Å². The minimum atomic E-state index is -0.718. The lowest BCUT2D eigenvalue weighted by Gasteiger charge is -2.16. The Labute approximate surface area is 126 Å². The van der Waals surface area contributed by atoms with Crippen LogP contribution in [-0.2, 0) is 19.8 Å². The fraction of sp³-hybridized carbons (Fsp3) is 0.250. The van der Waals surface area contributed by atoms with Gasteiger partial charge in [-0.15, -0.1) is 0 Å². The summed E-state index contributed by atoms with van der Waals surface area (Å²) < 4.78 is 37.1. The van der Waals surface area contributed by atoms with Crippen molar-refractivity contribution in [2.24, 2.45) is 0 Å². The standard InChI is InChI=1S/C16H16F2O4/c1-21-14-4-11(7-19)16(12(5-14)8-20)22-9-10-2-3-13(17)6-15(10)18/h2-6,19-20H,7-9H2,1H3. The Hall–Kier alpha value is -2.18. The number of halogens is 2. The second-order valence-corrected chi connectivity index (χ2v) is 4.62. The molecule has 0 atom stereocenters. The lowest BCUT2D eigenvalue weighted by Crippen LogP contribution is -2.05. The largest absolute Gasteiger partial charge is 0.497 e. The second-order valence-electron chi connectivity index (χ2n) is 4.62. The van der Waals surface area contributed by atoms with E-state index in [2.05, 4.69) is 0 Å². The first-order valence-electron chi connectivity index (χ1n) is 6.57. The Morgan fingerprint density at radius 2 is 1.59 bits per heavy atom. The number of aliphatic hydroxyl groups excluding tert-OH is 2. The highest BCUT2D eigenvalue weighted by Crippen LogP contribution is 2.30. The van der Waals surface area contributed by atoms with Crippen molar-refractivity contribution in [2.75, 3.05) is 7.11 Å². The zero-order valence-corrected chi connectivity index (χ0v) is 12.0. The van der Waals surface area contributed by atoms with Crippen molar-refractivity contribution in [3.8, 4) is 11.5 Å². The summed E-state index contributed by atoms with van der Waals surface area (Å²) >= 11 is 0. The predicted molar refractivity (Wildman–Crippen MR) is 75.5 cm³/mol. The molecule has 0 fully saturated rings. The van der Waals surface area contributed by atoms with Crippen molar-refractivity contribution in [2.45, 2.75) is 19.8 Å². The van der Waals surface area contributed by atoms with Crippen LogP contribution in [0.1, 0.15) is 16.7 Å². The van der Waals surface area contributed by atoms with Crippen LogP contribution < -0.4 is 9.47 Å². The Kier molecular flexibility index (Phi) is 5.30. The molecule has 22 heavy (non-hydrogen) atoms. The minimum absolute atomic E-state index is 0.154. The number of hydrogen-bond acceptors (Lipinski definition) is 4. The molecule has 0 saturated carbocycles. The van der Waals surface area contributed by atoms with Gasteiger partial charge in [0.25, 0.3) is 0 Å². The molecule has 2 N–H and O–H groups in total. The Balaban J connectivity index is 2.28. The summed E-state index contributed by atoms with van der Waals surface area (Å²) in [5.41, 5.74) is 0.988. The van der Waals surface area contributed by atoms with E-state index in [1.807, 2.05) is 0 Å². The SMILES string of the molecule is COc1cc(CO)c(OCc2ccc(F)cc2F)c(CO)c1. The van der Waals surface area contributed by atoms with Crippen LogP contribution in [0.3, 0.4) is 0 Å². The Bertz CT molecular complexity index is 634. The highest BCUT2D eigenvalue weighted by Gasteiger charge is 2.13. The molecule has 0 aliphatic carbocycles. The summed E-state index contributed by atoms with van der Waals surface area (Å²) in [5.74, 6) is -0.662. The van der Waals surface area contributed by atoms with Gasteiger partial charge in [-0.25, -0.2) is 8.78 Å². The number of aliphatic hydroxyl groups is 2. The van der Waals surface area contributed by atoms with Gasteiger partial charge in [-0.05, 0) is 24.3 Å². The first-order valence-corrected chi connectivity index (χ1v) is 6.57. The van der Waals surface area contributed by atoms with E-state index in [4.69, 9.17) is 9.47 Å².